The topological polar surface area (TPSA) is 77.2 Å². The number of nitrogens with one attached hydrogen (secondary N) is 1. The summed E-state index contributed by atoms with van der Waals surface area (Å²) in [6.45, 7) is 1.98. The van der Waals surface area contributed by atoms with Crippen molar-refractivity contribution in [3.63, 3.8) is 0 Å². The van der Waals surface area contributed by atoms with Gasteiger partial charge in [-0.3, -0.25) is 4.79 Å². The Labute approximate surface area is 186 Å². The third-order valence-electron chi connectivity index (χ3n) is 4.70. The van der Waals surface area contributed by atoms with Gasteiger partial charge in [0, 0.05) is 29.9 Å². The van der Waals surface area contributed by atoms with E-state index in [2.05, 4.69) is 15.3 Å². The maximum absolute atomic E-state index is 13.9. The van der Waals surface area contributed by atoms with E-state index in [1.165, 1.54) is 23.6 Å². The maximum Gasteiger partial charge on any atom is 0.226 e. The minimum atomic E-state index is -0.741. The molecule has 0 aliphatic carbocycles. The molecule has 4 rings (SSSR count). The summed E-state index contributed by atoms with van der Waals surface area (Å²) in [5.74, 6) is -0.507. The fourth-order valence-corrected chi connectivity index (χ4v) is 3.85. The number of ether oxygens (including phenoxy) is 1. The first-order valence-electron chi connectivity index (χ1n) is 9.73. The van der Waals surface area contributed by atoms with Crippen molar-refractivity contribution in [2.24, 2.45) is 0 Å². The number of aromatic nitrogens is 2. The van der Waals surface area contributed by atoms with Crippen LogP contribution in [0.5, 0.6) is 5.75 Å². The van der Waals surface area contributed by atoms with E-state index in [0.717, 1.165) is 23.3 Å². The summed E-state index contributed by atoms with van der Waals surface area (Å²) in [7, 11) is 1.60. The molecular weight excluding hydrogens is 436 g/mol. The molecule has 0 fully saturated rings. The number of hydrogen-bond acceptors (Lipinski definition) is 6. The first kappa shape index (κ1) is 21.6. The van der Waals surface area contributed by atoms with E-state index < -0.39 is 11.6 Å². The molecule has 2 aromatic heterocycles. The van der Waals surface area contributed by atoms with Gasteiger partial charge >= 0.3 is 0 Å². The van der Waals surface area contributed by atoms with E-state index in [4.69, 9.17) is 9.15 Å². The quantitative estimate of drug-likeness (QED) is 0.391. The predicted octanol–water partition coefficient (Wildman–Crippen LogP) is 5.63. The van der Waals surface area contributed by atoms with E-state index in [1.54, 1.807) is 7.11 Å². The second kappa shape index (κ2) is 9.27. The Kier molecular flexibility index (Phi) is 6.27. The van der Waals surface area contributed by atoms with Crippen molar-refractivity contribution >= 4 is 22.4 Å². The Bertz CT molecular complexity index is 1270. The lowest BCUT2D eigenvalue weighted by atomic mass is 10.1. The third kappa shape index (κ3) is 4.83. The van der Waals surface area contributed by atoms with Crippen molar-refractivity contribution in [1.29, 1.82) is 0 Å². The van der Waals surface area contributed by atoms with Gasteiger partial charge < -0.3 is 14.5 Å². The number of carbonyl (C=O) groups excluding carboxylic acids is 1. The molecule has 164 valence electrons. The molecule has 2 aromatic carbocycles. The summed E-state index contributed by atoms with van der Waals surface area (Å²) in [6.07, 6.45) is 1.68. The number of carbonyl (C=O) groups is 1. The maximum atomic E-state index is 13.9. The average Bonchev–Trinajstić information content (AvgIpc) is 3.42. The van der Waals surface area contributed by atoms with Crippen molar-refractivity contribution in [3.05, 3.63) is 71.1 Å². The summed E-state index contributed by atoms with van der Waals surface area (Å²) in [6, 6.07) is 9.01. The minimum Gasteiger partial charge on any atom is -0.496 e. The molecule has 4 aromatic rings. The number of aryl methyl sites for hydroxylation is 2. The van der Waals surface area contributed by atoms with Crippen LogP contribution in [0.2, 0.25) is 0 Å². The molecule has 0 aliphatic heterocycles. The van der Waals surface area contributed by atoms with Crippen LogP contribution in [0, 0.1) is 18.6 Å². The molecule has 0 spiro atoms. The molecular formula is C23H19F2N3O3S. The van der Waals surface area contributed by atoms with Gasteiger partial charge in [0.15, 0.2) is 16.8 Å². The molecule has 0 unspecified atom stereocenters. The van der Waals surface area contributed by atoms with Crippen LogP contribution in [0.25, 0.3) is 22.6 Å². The van der Waals surface area contributed by atoms with Crippen molar-refractivity contribution in [3.8, 4) is 28.3 Å². The molecule has 1 amide bonds. The zero-order chi connectivity index (χ0) is 22.7. The van der Waals surface area contributed by atoms with Crippen LogP contribution in [0.4, 0.5) is 13.9 Å². The van der Waals surface area contributed by atoms with E-state index in [9.17, 15) is 13.6 Å². The lowest BCUT2D eigenvalue weighted by molar-refractivity contribution is -0.116. The highest BCUT2D eigenvalue weighted by molar-refractivity contribution is 7.14. The van der Waals surface area contributed by atoms with Crippen LogP contribution >= 0.6 is 11.3 Å². The fraction of sp³-hybridized carbons (Fsp3) is 0.174. The number of amides is 1. The highest BCUT2D eigenvalue weighted by Crippen LogP contribution is 2.33. The lowest BCUT2D eigenvalue weighted by Gasteiger charge is -2.07. The largest absolute Gasteiger partial charge is 0.496 e. The molecule has 0 bridgehead atoms. The normalized spacial score (nSPS) is 10.9. The van der Waals surface area contributed by atoms with Crippen LogP contribution in [-0.2, 0) is 11.2 Å². The second-order valence-corrected chi connectivity index (χ2v) is 7.89. The van der Waals surface area contributed by atoms with Crippen molar-refractivity contribution in [2.75, 3.05) is 12.4 Å². The van der Waals surface area contributed by atoms with Crippen LogP contribution in [0.1, 0.15) is 17.9 Å². The Balaban J connectivity index is 1.37. The number of anilines is 1. The number of thiazole rings is 1. The number of rotatable bonds is 7. The average molecular weight is 455 g/mol. The van der Waals surface area contributed by atoms with Crippen LogP contribution in [-0.4, -0.2) is 23.0 Å². The monoisotopic (exact) mass is 455 g/mol. The summed E-state index contributed by atoms with van der Waals surface area (Å²) in [5, 5.41) is 5.08. The second-order valence-electron chi connectivity index (χ2n) is 7.03. The summed E-state index contributed by atoms with van der Waals surface area (Å²) < 4.78 is 37.9. The van der Waals surface area contributed by atoms with E-state index in [0.29, 0.717) is 16.6 Å². The molecule has 0 saturated heterocycles. The van der Waals surface area contributed by atoms with Gasteiger partial charge in [0.25, 0.3) is 0 Å². The number of nitrogens with zero attached hydrogens (tertiary/aromatic N) is 2. The predicted molar refractivity (Wildman–Crippen MR) is 118 cm³/mol. The van der Waals surface area contributed by atoms with E-state index in [1.807, 2.05) is 30.5 Å². The number of oxazole rings is 1. The number of benzene rings is 2. The Morgan fingerprint density at radius 1 is 1.19 bits per heavy atom. The van der Waals surface area contributed by atoms with Crippen molar-refractivity contribution in [1.82, 2.24) is 9.97 Å². The Morgan fingerprint density at radius 3 is 2.81 bits per heavy atom. The first-order chi connectivity index (χ1) is 15.4. The SMILES string of the molecule is COc1ccc(C)cc1-c1csc(NC(=O)CCc2ncc(-c3ccc(F)cc3F)o2)n1. The van der Waals surface area contributed by atoms with Gasteiger partial charge in [0.1, 0.15) is 17.4 Å². The third-order valence-corrected chi connectivity index (χ3v) is 5.46. The van der Waals surface area contributed by atoms with Crippen LogP contribution < -0.4 is 10.1 Å². The standard InChI is InChI=1S/C23H19F2N3O3S/c1-13-3-6-19(30-2)16(9-13)18-12-32-23(27-18)28-21(29)7-8-22-26-11-20(31-22)15-5-4-14(24)10-17(15)25/h3-6,9-12H,7-8H2,1-2H3,(H,27,28,29). The highest BCUT2D eigenvalue weighted by Gasteiger charge is 2.15. The van der Waals surface area contributed by atoms with E-state index in [-0.39, 0.29) is 36.0 Å². The van der Waals surface area contributed by atoms with Gasteiger partial charge in [-0.15, -0.1) is 11.3 Å². The smallest absolute Gasteiger partial charge is 0.226 e. The zero-order valence-corrected chi connectivity index (χ0v) is 18.1. The molecule has 0 atom stereocenters. The lowest BCUT2D eigenvalue weighted by Crippen LogP contribution is -2.12. The molecule has 32 heavy (non-hydrogen) atoms. The zero-order valence-electron chi connectivity index (χ0n) is 17.3. The fourth-order valence-electron chi connectivity index (χ4n) is 3.12. The first-order valence-corrected chi connectivity index (χ1v) is 10.6. The van der Waals surface area contributed by atoms with Gasteiger partial charge in [-0.25, -0.2) is 18.7 Å². The summed E-state index contributed by atoms with van der Waals surface area (Å²) >= 11 is 1.31. The molecule has 0 aliphatic rings. The van der Waals surface area contributed by atoms with Crippen LogP contribution in [0.15, 0.2) is 52.4 Å². The highest BCUT2D eigenvalue weighted by atomic mass is 32.1. The summed E-state index contributed by atoms with van der Waals surface area (Å²) in [4.78, 5) is 20.9. The molecule has 6 nitrogen and oxygen atoms in total. The molecule has 0 saturated carbocycles. The molecule has 9 heteroatoms. The van der Waals surface area contributed by atoms with Gasteiger partial charge in [-0.05, 0) is 31.2 Å². The summed E-state index contributed by atoms with van der Waals surface area (Å²) in [5.41, 5.74) is 2.75. The molecule has 2 heterocycles. The minimum absolute atomic E-state index is 0.106. The number of halogens is 2. The van der Waals surface area contributed by atoms with Gasteiger partial charge in [0.05, 0.1) is 24.6 Å². The van der Waals surface area contributed by atoms with Crippen molar-refractivity contribution in [2.45, 2.75) is 19.8 Å². The molecule has 1 N–H and O–H groups in total. The number of methoxy groups -OCH3 is 1. The van der Waals surface area contributed by atoms with Gasteiger partial charge in [0.2, 0.25) is 5.91 Å². The van der Waals surface area contributed by atoms with Crippen LogP contribution in [0.3, 0.4) is 0 Å². The van der Waals surface area contributed by atoms with Crippen molar-refractivity contribution < 1.29 is 22.7 Å². The number of hydrogen-bond donors (Lipinski definition) is 1. The van der Waals surface area contributed by atoms with Gasteiger partial charge in [-0.2, -0.15) is 0 Å². The van der Waals surface area contributed by atoms with E-state index >= 15 is 0 Å². The van der Waals surface area contributed by atoms with Gasteiger partial charge in [-0.1, -0.05) is 11.6 Å². The molecule has 0 radical (unpaired) electrons. The Hall–Kier alpha value is -3.59. The Morgan fingerprint density at radius 2 is 2.03 bits per heavy atom.